The molecule has 2 rings (SSSR count). The summed E-state index contributed by atoms with van der Waals surface area (Å²) < 4.78 is 10.5. The smallest absolute Gasteiger partial charge is 0.409 e. The second-order valence-electron chi connectivity index (χ2n) is 5.21. The van der Waals surface area contributed by atoms with Crippen molar-refractivity contribution >= 4 is 23.7 Å². The van der Waals surface area contributed by atoms with Crippen LogP contribution in [0.25, 0.3) is 0 Å². The maximum Gasteiger partial charge on any atom is 0.409 e. The SMILES string of the molecule is CCOC(=O)N1CCN(C(=O)NCCOc2ccc(Cl)cc2)CC1. The van der Waals surface area contributed by atoms with Gasteiger partial charge >= 0.3 is 12.1 Å². The molecule has 0 bridgehead atoms. The van der Waals surface area contributed by atoms with Gasteiger partial charge in [-0.3, -0.25) is 0 Å². The summed E-state index contributed by atoms with van der Waals surface area (Å²) in [7, 11) is 0. The van der Waals surface area contributed by atoms with Crippen molar-refractivity contribution < 1.29 is 19.1 Å². The lowest BCUT2D eigenvalue weighted by molar-refractivity contribution is 0.0851. The van der Waals surface area contributed by atoms with Crippen LogP contribution >= 0.6 is 11.6 Å². The highest BCUT2D eigenvalue weighted by Crippen LogP contribution is 2.15. The Labute approximate surface area is 146 Å². The third-order valence-electron chi connectivity index (χ3n) is 3.55. The number of amides is 3. The molecule has 1 saturated heterocycles. The van der Waals surface area contributed by atoms with Gasteiger partial charge in [0, 0.05) is 31.2 Å². The number of halogens is 1. The summed E-state index contributed by atoms with van der Waals surface area (Å²) in [6.07, 6.45) is -0.325. The van der Waals surface area contributed by atoms with E-state index in [0.29, 0.717) is 56.7 Å². The van der Waals surface area contributed by atoms with E-state index in [1.807, 2.05) is 0 Å². The lowest BCUT2D eigenvalue weighted by Crippen LogP contribution is -2.53. The number of carbonyl (C=O) groups is 2. The van der Waals surface area contributed by atoms with E-state index in [-0.39, 0.29) is 12.1 Å². The number of nitrogens with zero attached hydrogens (tertiary/aromatic N) is 2. The summed E-state index contributed by atoms with van der Waals surface area (Å²) in [6.45, 7) is 4.84. The summed E-state index contributed by atoms with van der Waals surface area (Å²) in [5.41, 5.74) is 0. The third-order valence-corrected chi connectivity index (χ3v) is 3.81. The van der Waals surface area contributed by atoms with Gasteiger partial charge < -0.3 is 24.6 Å². The lowest BCUT2D eigenvalue weighted by Gasteiger charge is -2.33. The van der Waals surface area contributed by atoms with E-state index < -0.39 is 0 Å². The highest BCUT2D eigenvalue weighted by Gasteiger charge is 2.24. The molecule has 0 radical (unpaired) electrons. The van der Waals surface area contributed by atoms with E-state index >= 15 is 0 Å². The Morgan fingerprint density at radius 2 is 1.75 bits per heavy atom. The van der Waals surface area contributed by atoms with Gasteiger partial charge in [-0.2, -0.15) is 0 Å². The maximum atomic E-state index is 12.1. The molecule has 1 heterocycles. The number of hydrogen-bond acceptors (Lipinski definition) is 4. The average molecular weight is 356 g/mol. The first-order valence-electron chi connectivity index (χ1n) is 7.93. The lowest BCUT2D eigenvalue weighted by atomic mass is 10.3. The fourth-order valence-corrected chi connectivity index (χ4v) is 2.40. The quantitative estimate of drug-likeness (QED) is 0.822. The summed E-state index contributed by atoms with van der Waals surface area (Å²) in [4.78, 5) is 27.0. The van der Waals surface area contributed by atoms with Gasteiger partial charge in [0.25, 0.3) is 0 Å². The van der Waals surface area contributed by atoms with Crippen LogP contribution in [0.2, 0.25) is 5.02 Å². The molecule has 1 aromatic rings. The summed E-state index contributed by atoms with van der Waals surface area (Å²) >= 11 is 5.80. The number of benzene rings is 1. The van der Waals surface area contributed by atoms with Gasteiger partial charge in [-0.25, -0.2) is 9.59 Å². The predicted molar refractivity (Wildman–Crippen MR) is 90.5 cm³/mol. The highest BCUT2D eigenvalue weighted by atomic mass is 35.5. The number of rotatable bonds is 5. The maximum absolute atomic E-state index is 12.1. The molecule has 0 aromatic heterocycles. The number of carbonyl (C=O) groups excluding carboxylic acids is 2. The van der Waals surface area contributed by atoms with Gasteiger partial charge in [-0.15, -0.1) is 0 Å². The molecule has 0 unspecified atom stereocenters. The highest BCUT2D eigenvalue weighted by molar-refractivity contribution is 6.30. The van der Waals surface area contributed by atoms with Crippen molar-refractivity contribution in [1.29, 1.82) is 0 Å². The molecule has 1 aliphatic heterocycles. The Hall–Kier alpha value is -2.15. The standard InChI is InChI=1S/C16H22ClN3O4/c1-2-23-16(22)20-10-8-19(9-11-20)15(21)18-7-12-24-14-5-3-13(17)4-6-14/h3-6H,2,7-12H2,1H3,(H,18,21). The molecule has 8 heteroatoms. The summed E-state index contributed by atoms with van der Waals surface area (Å²) in [5, 5.41) is 3.46. The average Bonchev–Trinajstić information content (AvgIpc) is 2.60. The Kier molecular flexibility index (Phi) is 6.99. The van der Waals surface area contributed by atoms with Crippen molar-refractivity contribution in [2.24, 2.45) is 0 Å². The Bertz CT molecular complexity index is 545. The fraction of sp³-hybridized carbons (Fsp3) is 0.500. The van der Waals surface area contributed by atoms with Crippen LogP contribution < -0.4 is 10.1 Å². The van der Waals surface area contributed by atoms with Crippen molar-refractivity contribution in [1.82, 2.24) is 15.1 Å². The first kappa shape index (κ1) is 18.2. The van der Waals surface area contributed by atoms with Crippen LogP contribution in [0.15, 0.2) is 24.3 Å². The minimum absolute atomic E-state index is 0.154. The van der Waals surface area contributed by atoms with E-state index in [0.717, 1.165) is 0 Å². The van der Waals surface area contributed by atoms with Crippen molar-refractivity contribution in [3.8, 4) is 5.75 Å². The van der Waals surface area contributed by atoms with Crippen molar-refractivity contribution in [2.75, 3.05) is 45.9 Å². The topological polar surface area (TPSA) is 71.1 Å². The third kappa shape index (κ3) is 5.49. The molecule has 7 nitrogen and oxygen atoms in total. The van der Waals surface area contributed by atoms with Gasteiger partial charge in [0.15, 0.2) is 0 Å². The van der Waals surface area contributed by atoms with E-state index in [2.05, 4.69) is 5.32 Å². The van der Waals surface area contributed by atoms with Crippen molar-refractivity contribution in [3.05, 3.63) is 29.3 Å². The van der Waals surface area contributed by atoms with E-state index in [9.17, 15) is 9.59 Å². The minimum Gasteiger partial charge on any atom is -0.492 e. The van der Waals surface area contributed by atoms with Gasteiger partial charge in [0.2, 0.25) is 0 Å². The monoisotopic (exact) mass is 355 g/mol. The van der Waals surface area contributed by atoms with Crippen molar-refractivity contribution in [2.45, 2.75) is 6.92 Å². The minimum atomic E-state index is -0.325. The van der Waals surface area contributed by atoms with Gasteiger partial charge in [0.05, 0.1) is 13.2 Å². The van der Waals surface area contributed by atoms with Crippen LogP contribution in [0.5, 0.6) is 5.75 Å². The number of piperazine rings is 1. The summed E-state index contributed by atoms with van der Waals surface area (Å²) in [5.74, 6) is 0.705. The zero-order chi connectivity index (χ0) is 17.4. The fourth-order valence-electron chi connectivity index (χ4n) is 2.28. The van der Waals surface area contributed by atoms with Crippen LogP contribution in [0.3, 0.4) is 0 Å². The zero-order valence-electron chi connectivity index (χ0n) is 13.7. The second kappa shape index (κ2) is 9.22. The molecule has 0 saturated carbocycles. The summed E-state index contributed by atoms with van der Waals surface area (Å²) in [6, 6.07) is 6.90. The first-order valence-corrected chi connectivity index (χ1v) is 8.30. The van der Waals surface area contributed by atoms with Gasteiger partial charge in [-0.1, -0.05) is 11.6 Å². The van der Waals surface area contributed by atoms with Crippen molar-refractivity contribution in [3.63, 3.8) is 0 Å². The van der Waals surface area contributed by atoms with Crippen LogP contribution in [0, 0.1) is 0 Å². The Morgan fingerprint density at radius 1 is 1.12 bits per heavy atom. The predicted octanol–water partition coefficient (Wildman–Crippen LogP) is 2.20. The molecule has 0 atom stereocenters. The Morgan fingerprint density at radius 3 is 2.38 bits per heavy atom. The van der Waals surface area contributed by atoms with Crippen LogP contribution in [0.1, 0.15) is 6.92 Å². The van der Waals surface area contributed by atoms with Gasteiger partial charge in [0.1, 0.15) is 12.4 Å². The largest absolute Gasteiger partial charge is 0.492 e. The van der Waals surface area contributed by atoms with Crippen LogP contribution in [-0.4, -0.2) is 67.9 Å². The van der Waals surface area contributed by atoms with Crippen LogP contribution in [0.4, 0.5) is 9.59 Å². The Balaban J connectivity index is 1.63. The molecule has 24 heavy (non-hydrogen) atoms. The van der Waals surface area contributed by atoms with Crippen LogP contribution in [-0.2, 0) is 4.74 Å². The number of urea groups is 1. The van der Waals surface area contributed by atoms with E-state index in [4.69, 9.17) is 21.1 Å². The molecule has 132 valence electrons. The molecule has 1 aliphatic rings. The normalized spacial score (nSPS) is 14.2. The van der Waals surface area contributed by atoms with E-state index in [1.54, 1.807) is 41.0 Å². The first-order chi connectivity index (χ1) is 11.6. The zero-order valence-corrected chi connectivity index (χ0v) is 14.4. The molecule has 1 fully saturated rings. The molecule has 0 spiro atoms. The molecule has 3 amide bonds. The second-order valence-corrected chi connectivity index (χ2v) is 5.64. The molecule has 1 N–H and O–H groups in total. The number of ether oxygens (including phenoxy) is 2. The molecule has 0 aliphatic carbocycles. The molecular weight excluding hydrogens is 334 g/mol. The molecular formula is C16H22ClN3O4. The van der Waals surface area contributed by atoms with E-state index in [1.165, 1.54) is 0 Å². The molecule has 1 aromatic carbocycles. The number of hydrogen-bond donors (Lipinski definition) is 1. The number of nitrogens with one attached hydrogen (secondary N) is 1. The van der Waals surface area contributed by atoms with Gasteiger partial charge in [-0.05, 0) is 31.2 Å².